The summed E-state index contributed by atoms with van der Waals surface area (Å²) in [6, 6.07) is 8.60. The molecule has 4 rings (SSSR count). The Labute approximate surface area is 211 Å². The quantitative estimate of drug-likeness (QED) is 0.281. The van der Waals surface area contributed by atoms with Crippen LogP contribution < -0.4 is 14.9 Å². The van der Waals surface area contributed by atoms with Crippen molar-refractivity contribution in [3.8, 4) is 11.5 Å². The Balaban J connectivity index is 1.85. The van der Waals surface area contributed by atoms with Crippen molar-refractivity contribution in [3.63, 3.8) is 0 Å². The molecule has 7 nitrogen and oxygen atoms in total. The van der Waals surface area contributed by atoms with Gasteiger partial charge in [-0.15, -0.1) is 0 Å². The molecule has 190 valence electrons. The molecule has 1 aliphatic rings. The van der Waals surface area contributed by atoms with Crippen molar-refractivity contribution in [1.29, 1.82) is 0 Å². The highest BCUT2D eigenvalue weighted by Crippen LogP contribution is 2.41. The van der Waals surface area contributed by atoms with Gasteiger partial charge in [0.2, 0.25) is 5.76 Å². The smallest absolute Gasteiger partial charge is 0.290 e. The van der Waals surface area contributed by atoms with E-state index in [9.17, 15) is 9.59 Å². The highest BCUT2D eigenvalue weighted by molar-refractivity contribution is 5.99. The van der Waals surface area contributed by atoms with Crippen LogP contribution in [0.3, 0.4) is 0 Å². The second-order valence-corrected chi connectivity index (χ2v) is 9.31. The maximum atomic E-state index is 13.9. The van der Waals surface area contributed by atoms with Gasteiger partial charge in [-0.3, -0.25) is 9.59 Å². The largest absolute Gasteiger partial charge is 0.493 e. The van der Waals surface area contributed by atoms with Gasteiger partial charge in [-0.2, -0.15) is 0 Å². The molecule has 0 fully saturated rings. The van der Waals surface area contributed by atoms with Gasteiger partial charge in [0.1, 0.15) is 12.2 Å². The average Bonchev–Trinajstić information content (AvgIpc) is 3.11. The van der Waals surface area contributed by atoms with Gasteiger partial charge in [0.15, 0.2) is 16.9 Å². The van der Waals surface area contributed by atoms with E-state index < -0.39 is 6.04 Å². The van der Waals surface area contributed by atoms with Gasteiger partial charge in [0.05, 0.1) is 30.2 Å². The molecule has 1 aromatic heterocycles. The third-order valence-corrected chi connectivity index (χ3v) is 6.27. The number of hydrogen-bond donors (Lipinski definition) is 0. The summed E-state index contributed by atoms with van der Waals surface area (Å²) in [6.07, 6.45) is 2.37. The Hall–Kier alpha value is -3.58. The molecule has 0 bridgehead atoms. The van der Waals surface area contributed by atoms with Crippen LogP contribution >= 0.6 is 0 Å². The number of benzene rings is 2. The average molecular weight is 492 g/mol. The number of carbonyl (C=O) groups is 1. The van der Waals surface area contributed by atoms with Crippen molar-refractivity contribution in [1.82, 2.24) is 4.90 Å². The third-order valence-electron chi connectivity index (χ3n) is 6.27. The van der Waals surface area contributed by atoms with E-state index in [2.05, 4.69) is 6.58 Å². The minimum atomic E-state index is -0.616. The fraction of sp³-hybridized carbons (Fsp3) is 0.379. The van der Waals surface area contributed by atoms with Crippen LogP contribution in [0, 0.1) is 13.8 Å². The molecule has 0 N–H and O–H groups in total. The van der Waals surface area contributed by atoms with Crippen molar-refractivity contribution >= 4 is 16.9 Å². The van der Waals surface area contributed by atoms with Gasteiger partial charge in [0, 0.05) is 13.2 Å². The van der Waals surface area contributed by atoms with Gasteiger partial charge in [-0.05, 0) is 69.0 Å². The molecule has 3 aromatic rings. The van der Waals surface area contributed by atoms with Crippen molar-refractivity contribution < 1.29 is 23.4 Å². The minimum absolute atomic E-state index is 0.0956. The van der Waals surface area contributed by atoms with Crippen molar-refractivity contribution in [2.45, 2.75) is 46.3 Å². The van der Waals surface area contributed by atoms with Crippen LogP contribution in [-0.4, -0.2) is 43.8 Å². The van der Waals surface area contributed by atoms with E-state index in [1.807, 2.05) is 45.9 Å². The summed E-state index contributed by atoms with van der Waals surface area (Å²) in [4.78, 5) is 29.2. The van der Waals surface area contributed by atoms with Crippen LogP contribution in [0.4, 0.5) is 0 Å². The first-order valence-electron chi connectivity index (χ1n) is 12.2. The molecule has 7 heteroatoms. The lowest BCUT2D eigenvalue weighted by Crippen LogP contribution is -2.31. The maximum Gasteiger partial charge on any atom is 0.290 e. The number of amides is 1. The first-order chi connectivity index (χ1) is 17.3. The molecule has 0 saturated heterocycles. The number of aryl methyl sites for hydroxylation is 2. The Kier molecular flexibility index (Phi) is 7.50. The van der Waals surface area contributed by atoms with Crippen LogP contribution in [0.2, 0.25) is 0 Å². The molecule has 0 saturated carbocycles. The van der Waals surface area contributed by atoms with E-state index in [0.717, 1.165) is 16.7 Å². The topological polar surface area (TPSA) is 78.2 Å². The first-order valence-corrected chi connectivity index (χ1v) is 12.2. The molecule has 0 spiro atoms. The highest BCUT2D eigenvalue weighted by Gasteiger charge is 2.43. The van der Waals surface area contributed by atoms with Gasteiger partial charge >= 0.3 is 0 Å². The van der Waals surface area contributed by atoms with Gasteiger partial charge in [0.25, 0.3) is 5.91 Å². The molecular weight excluding hydrogens is 458 g/mol. The van der Waals surface area contributed by atoms with Crippen molar-refractivity contribution in [3.05, 3.63) is 81.2 Å². The molecule has 1 atom stereocenters. The van der Waals surface area contributed by atoms with Crippen molar-refractivity contribution in [2.75, 3.05) is 26.9 Å². The lowest BCUT2D eigenvalue weighted by molar-refractivity contribution is 0.0593. The van der Waals surface area contributed by atoms with Gasteiger partial charge in [-0.1, -0.05) is 24.8 Å². The maximum absolute atomic E-state index is 13.9. The van der Waals surface area contributed by atoms with E-state index >= 15 is 0 Å². The molecule has 2 heterocycles. The third kappa shape index (κ3) is 4.75. The Morgan fingerprint density at radius 3 is 2.61 bits per heavy atom. The summed E-state index contributed by atoms with van der Waals surface area (Å²) in [5.74, 6) is 0.858. The summed E-state index contributed by atoms with van der Waals surface area (Å²) in [7, 11) is 1.56. The van der Waals surface area contributed by atoms with Crippen LogP contribution in [0.15, 0.2) is 52.2 Å². The lowest BCUT2D eigenvalue weighted by atomic mass is 9.96. The summed E-state index contributed by atoms with van der Waals surface area (Å²) >= 11 is 0. The van der Waals surface area contributed by atoms with Crippen LogP contribution in [-0.2, 0) is 4.74 Å². The first kappa shape index (κ1) is 25.5. The van der Waals surface area contributed by atoms with Crippen LogP contribution in [0.1, 0.15) is 59.1 Å². The van der Waals surface area contributed by atoms with E-state index in [-0.39, 0.29) is 23.2 Å². The molecular formula is C29H33NO6. The monoisotopic (exact) mass is 491 g/mol. The van der Waals surface area contributed by atoms with E-state index in [4.69, 9.17) is 18.6 Å². The molecule has 0 aliphatic carbocycles. The summed E-state index contributed by atoms with van der Waals surface area (Å²) in [5.41, 5.74) is 3.13. The minimum Gasteiger partial charge on any atom is -0.493 e. The fourth-order valence-electron chi connectivity index (χ4n) is 4.77. The number of fused-ring (bicyclic) bond motifs is 2. The second-order valence-electron chi connectivity index (χ2n) is 9.31. The second kappa shape index (κ2) is 10.6. The zero-order valence-electron chi connectivity index (χ0n) is 21.6. The number of carbonyl (C=O) groups excluding carboxylic acids is 1. The lowest BCUT2D eigenvalue weighted by Gasteiger charge is -2.26. The zero-order valence-corrected chi connectivity index (χ0v) is 21.6. The predicted octanol–water partition coefficient (Wildman–Crippen LogP) is 5.34. The van der Waals surface area contributed by atoms with Gasteiger partial charge < -0.3 is 23.5 Å². The summed E-state index contributed by atoms with van der Waals surface area (Å²) in [5, 5.41) is 0.500. The fourth-order valence-corrected chi connectivity index (χ4v) is 4.77. The molecule has 36 heavy (non-hydrogen) atoms. The van der Waals surface area contributed by atoms with E-state index in [1.54, 1.807) is 30.2 Å². The molecule has 0 radical (unpaired) electrons. The highest BCUT2D eigenvalue weighted by atomic mass is 16.5. The number of methoxy groups -OCH3 is 1. The Morgan fingerprint density at radius 2 is 1.92 bits per heavy atom. The summed E-state index contributed by atoms with van der Waals surface area (Å²) < 4.78 is 23.1. The van der Waals surface area contributed by atoms with Crippen molar-refractivity contribution in [2.24, 2.45) is 0 Å². The number of hydrogen-bond acceptors (Lipinski definition) is 6. The Bertz CT molecular complexity index is 1360. The van der Waals surface area contributed by atoms with E-state index in [1.165, 1.54) is 0 Å². The predicted molar refractivity (Wildman–Crippen MR) is 139 cm³/mol. The molecule has 1 unspecified atom stereocenters. The normalized spacial score (nSPS) is 15.0. The zero-order chi connectivity index (χ0) is 26.0. The Morgan fingerprint density at radius 1 is 1.14 bits per heavy atom. The number of rotatable bonds is 10. The number of ether oxygens (including phenoxy) is 3. The summed E-state index contributed by atoms with van der Waals surface area (Å²) in [6.45, 7) is 12.7. The molecule has 1 aliphatic heterocycles. The standard InChI is InChI=1S/C29H33NO6/c1-7-12-35-21-10-9-20(16-22(21)33-6)26-25-27(31)24-19(5)14-18(4)15-23(24)36-28(25)29(32)30(26)11-8-13-34-17(2)3/h7,9-10,14-17,26H,1,8,11-13H2,2-6H3. The number of nitrogens with zero attached hydrogens (tertiary/aromatic N) is 1. The molecule has 1 amide bonds. The van der Waals surface area contributed by atoms with Crippen LogP contribution in [0.5, 0.6) is 11.5 Å². The van der Waals surface area contributed by atoms with Gasteiger partial charge in [-0.25, -0.2) is 0 Å². The van der Waals surface area contributed by atoms with Crippen LogP contribution in [0.25, 0.3) is 11.0 Å². The SMILES string of the molecule is C=CCOc1ccc(C2c3c(oc4cc(C)cc(C)c4c3=O)C(=O)N2CCCOC(C)C)cc1OC. The molecule has 2 aromatic carbocycles. The van der Waals surface area contributed by atoms with E-state index in [0.29, 0.717) is 54.2 Å².